The van der Waals surface area contributed by atoms with Gasteiger partial charge in [0.2, 0.25) is 0 Å². The van der Waals surface area contributed by atoms with E-state index in [-0.39, 0.29) is 5.82 Å². The number of aromatic nitrogens is 2. The Morgan fingerprint density at radius 1 is 1.17 bits per heavy atom. The van der Waals surface area contributed by atoms with E-state index in [9.17, 15) is 4.39 Å². The molecule has 0 bridgehead atoms. The molecule has 0 aliphatic carbocycles. The molecule has 0 amide bonds. The maximum absolute atomic E-state index is 13.5. The quantitative estimate of drug-likeness (QED) is 0.904. The number of anilines is 2. The fraction of sp³-hybridized carbons (Fsp3) is 0.412. The first kappa shape index (κ1) is 16.4. The van der Waals surface area contributed by atoms with Crippen molar-refractivity contribution in [1.82, 2.24) is 14.9 Å². The Hall–Kier alpha value is -2.41. The van der Waals surface area contributed by atoms with Gasteiger partial charge in [-0.2, -0.15) is 0 Å². The van der Waals surface area contributed by atoms with Crippen LogP contribution in [0.1, 0.15) is 5.56 Å². The molecular formula is C17H22FN5O. The molecular weight excluding hydrogens is 309 g/mol. The molecule has 3 rings (SSSR count). The van der Waals surface area contributed by atoms with Gasteiger partial charge in [0.15, 0.2) is 0 Å². The second kappa shape index (κ2) is 7.44. The molecule has 24 heavy (non-hydrogen) atoms. The van der Waals surface area contributed by atoms with Crippen LogP contribution in [0.2, 0.25) is 0 Å². The van der Waals surface area contributed by atoms with E-state index >= 15 is 0 Å². The zero-order valence-electron chi connectivity index (χ0n) is 14.0. The number of nitrogens with one attached hydrogen (secondary N) is 1. The second-order valence-electron chi connectivity index (χ2n) is 5.73. The molecule has 1 aromatic heterocycles. The molecule has 1 aliphatic heterocycles. The van der Waals surface area contributed by atoms with Crippen LogP contribution in [0.25, 0.3) is 0 Å². The van der Waals surface area contributed by atoms with Crippen LogP contribution in [0.5, 0.6) is 5.75 Å². The normalized spacial score (nSPS) is 15.4. The van der Waals surface area contributed by atoms with Gasteiger partial charge in [0, 0.05) is 51.4 Å². The third-order valence-electron chi connectivity index (χ3n) is 4.24. The summed E-state index contributed by atoms with van der Waals surface area (Å²) < 4.78 is 18.8. The Morgan fingerprint density at radius 2 is 1.96 bits per heavy atom. The summed E-state index contributed by atoms with van der Waals surface area (Å²) in [5.74, 6) is 2.24. The highest BCUT2D eigenvalue weighted by Gasteiger charge is 2.19. The van der Waals surface area contributed by atoms with Crippen molar-refractivity contribution in [3.63, 3.8) is 0 Å². The van der Waals surface area contributed by atoms with Crippen molar-refractivity contribution in [2.45, 2.75) is 6.54 Å². The standard InChI is InChI=1S/C17H22FN5O/c1-19-16-10-17(21-12-20-16)23-7-5-22(6-8-23)11-13-9-14(18)3-4-15(13)24-2/h3-4,9-10,12H,5-8,11H2,1-2H3,(H,19,20,21). The first-order valence-corrected chi connectivity index (χ1v) is 7.99. The van der Waals surface area contributed by atoms with E-state index in [1.807, 2.05) is 13.1 Å². The number of piperazine rings is 1. The van der Waals surface area contributed by atoms with Gasteiger partial charge in [0.05, 0.1) is 7.11 Å². The summed E-state index contributed by atoms with van der Waals surface area (Å²) in [5, 5.41) is 3.03. The largest absolute Gasteiger partial charge is 0.496 e. The minimum Gasteiger partial charge on any atom is -0.496 e. The van der Waals surface area contributed by atoms with Crippen LogP contribution in [0, 0.1) is 5.82 Å². The first-order valence-electron chi connectivity index (χ1n) is 7.99. The van der Waals surface area contributed by atoms with E-state index in [4.69, 9.17) is 4.74 Å². The second-order valence-corrected chi connectivity index (χ2v) is 5.73. The molecule has 2 aromatic rings. The van der Waals surface area contributed by atoms with E-state index in [2.05, 4.69) is 25.1 Å². The molecule has 128 valence electrons. The summed E-state index contributed by atoms with van der Waals surface area (Å²) >= 11 is 0. The van der Waals surface area contributed by atoms with Crippen LogP contribution in [-0.2, 0) is 6.54 Å². The van der Waals surface area contributed by atoms with Gasteiger partial charge in [-0.05, 0) is 18.2 Å². The maximum Gasteiger partial charge on any atom is 0.134 e. The van der Waals surface area contributed by atoms with Gasteiger partial charge in [-0.3, -0.25) is 4.90 Å². The number of nitrogens with zero attached hydrogens (tertiary/aromatic N) is 4. The highest BCUT2D eigenvalue weighted by atomic mass is 19.1. The molecule has 1 aromatic carbocycles. The van der Waals surface area contributed by atoms with Crippen LogP contribution in [0.4, 0.5) is 16.0 Å². The van der Waals surface area contributed by atoms with Crippen LogP contribution in [0.15, 0.2) is 30.6 Å². The topological polar surface area (TPSA) is 53.5 Å². The van der Waals surface area contributed by atoms with Crippen molar-refractivity contribution in [3.8, 4) is 5.75 Å². The number of hydrogen-bond acceptors (Lipinski definition) is 6. The first-order chi connectivity index (χ1) is 11.7. The zero-order chi connectivity index (χ0) is 16.9. The summed E-state index contributed by atoms with van der Waals surface area (Å²) in [4.78, 5) is 13.0. The van der Waals surface area contributed by atoms with Crippen molar-refractivity contribution in [2.75, 3.05) is 50.6 Å². The molecule has 1 saturated heterocycles. The third kappa shape index (κ3) is 3.73. The predicted octanol–water partition coefficient (Wildman–Crippen LogP) is 1.99. The fourth-order valence-electron chi connectivity index (χ4n) is 2.90. The highest BCUT2D eigenvalue weighted by molar-refractivity contribution is 5.48. The Labute approximate surface area is 141 Å². The van der Waals surface area contributed by atoms with Crippen LogP contribution in [-0.4, -0.2) is 55.2 Å². The number of benzene rings is 1. The molecule has 7 heteroatoms. The van der Waals surface area contributed by atoms with Gasteiger partial charge in [-0.1, -0.05) is 0 Å². The summed E-state index contributed by atoms with van der Waals surface area (Å²) in [6.45, 7) is 4.20. The van der Waals surface area contributed by atoms with E-state index < -0.39 is 0 Å². The average molecular weight is 331 g/mol. The number of ether oxygens (including phenoxy) is 1. The lowest BCUT2D eigenvalue weighted by atomic mass is 10.1. The predicted molar refractivity (Wildman–Crippen MR) is 92.0 cm³/mol. The lowest BCUT2D eigenvalue weighted by Crippen LogP contribution is -2.46. The van der Waals surface area contributed by atoms with Crippen molar-refractivity contribution >= 4 is 11.6 Å². The van der Waals surface area contributed by atoms with Crippen LogP contribution < -0.4 is 15.0 Å². The summed E-state index contributed by atoms with van der Waals surface area (Å²) in [6, 6.07) is 6.61. The SMILES string of the molecule is CNc1cc(N2CCN(Cc3cc(F)ccc3OC)CC2)ncn1. The van der Waals surface area contributed by atoms with Gasteiger partial charge in [0.1, 0.15) is 29.5 Å². The van der Waals surface area contributed by atoms with Gasteiger partial charge in [-0.25, -0.2) is 14.4 Å². The Kier molecular flexibility index (Phi) is 5.10. The van der Waals surface area contributed by atoms with Gasteiger partial charge in [0.25, 0.3) is 0 Å². The smallest absolute Gasteiger partial charge is 0.134 e. The Bertz CT molecular complexity index is 688. The molecule has 0 unspecified atom stereocenters. The molecule has 1 fully saturated rings. The van der Waals surface area contributed by atoms with Crippen molar-refractivity contribution < 1.29 is 9.13 Å². The Balaban J connectivity index is 1.62. The van der Waals surface area contributed by atoms with Gasteiger partial charge >= 0.3 is 0 Å². The maximum atomic E-state index is 13.5. The number of halogens is 1. The molecule has 1 aliphatic rings. The molecule has 0 spiro atoms. The summed E-state index contributed by atoms with van der Waals surface area (Å²) in [6.07, 6.45) is 1.57. The molecule has 0 radical (unpaired) electrons. The third-order valence-corrected chi connectivity index (χ3v) is 4.24. The highest BCUT2D eigenvalue weighted by Crippen LogP contribution is 2.22. The van der Waals surface area contributed by atoms with Crippen molar-refractivity contribution in [3.05, 3.63) is 42.0 Å². The van der Waals surface area contributed by atoms with Crippen LogP contribution >= 0.6 is 0 Å². The lowest BCUT2D eigenvalue weighted by molar-refractivity contribution is 0.245. The minimum absolute atomic E-state index is 0.231. The van der Waals surface area contributed by atoms with E-state index in [0.29, 0.717) is 6.54 Å². The van der Waals surface area contributed by atoms with E-state index in [1.165, 1.54) is 6.07 Å². The number of rotatable bonds is 5. The molecule has 0 atom stereocenters. The molecule has 2 heterocycles. The number of methoxy groups -OCH3 is 1. The van der Waals surface area contributed by atoms with E-state index in [0.717, 1.165) is 49.1 Å². The minimum atomic E-state index is -0.231. The van der Waals surface area contributed by atoms with E-state index in [1.54, 1.807) is 25.6 Å². The average Bonchev–Trinajstić information content (AvgIpc) is 2.62. The summed E-state index contributed by atoms with van der Waals surface area (Å²) in [5.41, 5.74) is 0.880. The lowest BCUT2D eigenvalue weighted by Gasteiger charge is -2.35. The summed E-state index contributed by atoms with van der Waals surface area (Å²) in [7, 11) is 3.46. The Morgan fingerprint density at radius 3 is 2.67 bits per heavy atom. The number of hydrogen-bond donors (Lipinski definition) is 1. The fourth-order valence-corrected chi connectivity index (χ4v) is 2.90. The van der Waals surface area contributed by atoms with Gasteiger partial charge < -0.3 is 15.0 Å². The molecule has 1 N–H and O–H groups in total. The van der Waals surface area contributed by atoms with Crippen molar-refractivity contribution in [1.29, 1.82) is 0 Å². The molecule has 6 nitrogen and oxygen atoms in total. The zero-order valence-corrected chi connectivity index (χ0v) is 14.0. The van der Waals surface area contributed by atoms with Gasteiger partial charge in [-0.15, -0.1) is 0 Å². The van der Waals surface area contributed by atoms with Crippen LogP contribution in [0.3, 0.4) is 0 Å². The molecule has 0 saturated carbocycles. The monoisotopic (exact) mass is 331 g/mol. The van der Waals surface area contributed by atoms with Crippen molar-refractivity contribution in [2.24, 2.45) is 0 Å².